The predicted octanol–water partition coefficient (Wildman–Crippen LogP) is 2.03. The molecule has 0 bridgehead atoms. The minimum Gasteiger partial charge on any atom is -0.450 e. The molecule has 0 aromatic heterocycles. The van der Waals surface area contributed by atoms with Crippen LogP contribution in [0.2, 0.25) is 0 Å². The van der Waals surface area contributed by atoms with E-state index >= 15 is 0 Å². The highest BCUT2D eigenvalue weighted by atomic mass is 16.5. The van der Waals surface area contributed by atoms with E-state index in [0.29, 0.717) is 11.4 Å². The van der Waals surface area contributed by atoms with Gasteiger partial charge in [0.2, 0.25) is 11.8 Å². The van der Waals surface area contributed by atoms with E-state index in [2.05, 4.69) is 16.0 Å². The summed E-state index contributed by atoms with van der Waals surface area (Å²) in [7, 11) is 0. The van der Waals surface area contributed by atoms with Gasteiger partial charge < -0.3 is 20.7 Å². The number of ether oxygens (including phenoxy) is 1. The number of alkyl carbamates (subject to hydrolysis) is 1. The average Bonchev–Trinajstić information content (AvgIpc) is 2.42. The maximum Gasteiger partial charge on any atom is 0.407 e. The van der Waals surface area contributed by atoms with Crippen LogP contribution in [0.4, 0.5) is 16.2 Å². The Morgan fingerprint density at radius 2 is 1.91 bits per heavy atom. The first-order valence-electron chi connectivity index (χ1n) is 7.01. The second-order valence-corrected chi connectivity index (χ2v) is 4.66. The summed E-state index contributed by atoms with van der Waals surface area (Å²) in [4.78, 5) is 34.0. The molecule has 0 aliphatic heterocycles. The Balaban J connectivity index is 2.53. The van der Waals surface area contributed by atoms with Gasteiger partial charge in [0.25, 0.3) is 0 Å². The second-order valence-electron chi connectivity index (χ2n) is 4.66. The van der Waals surface area contributed by atoms with Crippen molar-refractivity contribution in [2.24, 2.45) is 0 Å². The summed E-state index contributed by atoms with van der Waals surface area (Å²) in [5, 5.41) is 7.87. The fourth-order valence-electron chi connectivity index (χ4n) is 1.71. The third-order valence-corrected chi connectivity index (χ3v) is 2.73. The SMILES string of the molecule is CCOC(=O)NCCC(=O)Nc1cc(NC(C)=O)ccc1C. The standard InChI is InChI=1S/C15H21N3O4/c1-4-22-15(21)16-8-7-14(20)18-13-9-12(17-11(3)19)6-5-10(13)2/h5-6,9H,4,7-8H2,1-3H3,(H,16,21)(H,17,19)(H,18,20). The topological polar surface area (TPSA) is 96.5 Å². The van der Waals surface area contributed by atoms with Crippen LogP contribution in [0.3, 0.4) is 0 Å². The second kappa shape index (κ2) is 8.66. The Kier molecular flexibility index (Phi) is 6.88. The molecule has 1 aromatic rings. The molecule has 0 radical (unpaired) electrons. The Bertz CT molecular complexity index is 558. The van der Waals surface area contributed by atoms with Gasteiger partial charge in [-0.3, -0.25) is 9.59 Å². The van der Waals surface area contributed by atoms with E-state index in [9.17, 15) is 14.4 Å². The van der Waals surface area contributed by atoms with Crippen molar-refractivity contribution >= 4 is 29.3 Å². The fraction of sp³-hybridized carbons (Fsp3) is 0.400. The van der Waals surface area contributed by atoms with Gasteiger partial charge >= 0.3 is 6.09 Å². The molecule has 3 amide bonds. The van der Waals surface area contributed by atoms with E-state index in [1.165, 1.54) is 6.92 Å². The number of carbonyl (C=O) groups is 3. The van der Waals surface area contributed by atoms with E-state index in [1.807, 2.05) is 6.92 Å². The maximum atomic E-state index is 11.8. The molecule has 0 spiro atoms. The minimum atomic E-state index is -0.542. The van der Waals surface area contributed by atoms with Gasteiger partial charge in [-0.05, 0) is 31.5 Å². The van der Waals surface area contributed by atoms with Gasteiger partial charge in [0.05, 0.1) is 6.61 Å². The average molecular weight is 307 g/mol. The Hall–Kier alpha value is -2.57. The highest BCUT2D eigenvalue weighted by Gasteiger charge is 2.07. The van der Waals surface area contributed by atoms with Crippen molar-refractivity contribution in [2.45, 2.75) is 27.2 Å². The molecule has 7 nitrogen and oxygen atoms in total. The summed E-state index contributed by atoms with van der Waals surface area (Å²) in [6.45, 7) is 5.45. The van der Waals surface area contributed by atoms with E-state index in [1.54, 1.807) is 25.1 Å². The van der Waals surface area contributed by atoms with Gasteiger partial charge in [0.1, 0.15) is 0 Å². The zero-order valence-corrected chi connectivity index (χ0v) is 13.0. The summed E-state index contributed by atoms with van der Waals surface area (Å²) in [5.74, 6) is -0.417. The number of hydrogen-bond donors (Lipinski definition) is 3. The number of nitrogens with one attached hydrogen (secondary N) is 3. The Morgan fingerprint density at radius 1 is 1.18 bits per heavy atom. The first kappa shape index (κ1) is 17.5. The van der Waals surface area contributed by atoms with E-state index in [0.717, 1.165) is 5.56 Å². The smallest absolute Gasteiger partial charge is 0.407 e. The van der Waals surface area contributed by atoms with Crippen LogP contribution in [0.25, 0.3) is 0 Å². The highest BCUT2D eigenvalue weighted by molar-refractivity contribution is 5.94. The molecule has 0 aliphatic rings. The third-order valence-electron chi connectivity index (χ3n) is 2.73. The molecule has 1 aromatic carbocycles. The molecule has 0 atom stereocenters. The van der Waals surface area contributed by atoms with Gasteiger partial charge in [-0.25, -0.2) is 4.79 Å². The van der Waals surface area contributed by atoms with Crippen molar-refractivity contribution in [2.75, 3.05) is 23.8 Å². The summed E-state index contributed by atoms with van der Waals surface area (Å²) >= 11 is 0. The van der Waals surface area contributed by atoms with Crippen LogP contribution in [-0.4, -0.2) is 31.1 Å². The Morgan fingerprint density at radius 3 is 2.55 bits per heavy atom. The van der Waals surface area contributed by atoms with Crippen molar-refractivity contribution in [3.63, 3.8) is 0 Å². The van der Waals surface area contributed by atoms with E-state index in [4.69, 9.17) is 4.74 Å². The van der Waals surface area contributed by atoms with Gasteiger partial charge in [0.15, 0.2) is 0 Å². The van der Waals surface area contributed by atoms with Crippen LogP contribution in [0.15, 0.2) is 18.2 Å². The summed E-state index contributed by atoms with van der Waals surface area (Å²) in [6.07, 6.45) is -0.415. The van der Waals surface area contributed by atoms with Crippen LogP contribution in [0.5, 0.6) is 0 Å². The van der Waals surface area contributed by atoms with Gasteiger partial charge in [0, 0.05) is 31.3 Å². The molecule has 120 valence electrons. The van der Waals surface area contributed by atoms with Crippen molar-refractivity contribution in [3.05, 3.63) is 23.8 Å². The van der Waals surface area contributed by atoms with Gasteiger partial charge in [-0.15, -0.1) is 0 Å². The molecule has 3 N–H and O–H groups in total. The van der Waals surface area contributed by atoms with E-state index < -0.39 is 6.09 Å². The van der Waals surface area contributed by atoms with Crippen LogP contribution < -0.4 is 16.0 Å². The van der Waals surface area contributed by atoms with Gasteiger partial charge in [-0.1, -0.05) is 6.07 Å². The number of anilines is 2. The molecule has 0 heterocycles. The zero-order valence-electron chi connectivity index (χ0n) is 13.0. The number of benzene rings is 1. The molecule has 0 aliphatic carbocycles. The van der Waals surface area contributed by atoms with Crippen molar-refractivity contribution < 1.29 is 19.1 Å². The number of rotatable bonds is 6. The molecular formula is C15H21N3O4. The van der Waals surface area contributed by atoms with Crippen molar-refractivity contribution in [1.82, 2.24) is 5.32 Å². The monoisotopic (exact) mass is 307 g/mol. The van der Waals surface area contributed by atoms with Crippen LogP contribution in [-0.2, 0) is 14.3 Å². The molecule has 0 saturated heterocycles. The van der Waals surface area contributed by atoms with Crippen molar-refractivity contribution in [1.29, 1.82) is 0 Å². The van der Waals surface area contributed by atoms with Crippen LogP contribution in [0.1, 0.15) is 25.8 Å². The molecular weight excluding hydrogens is 286 g/mol. The molecule has 0 saturated carbocycles. The molecule has 1 rings (SSSR count). The normalized spacial score (nSPS) is 9.77. The third kappa shape index (κ3) is 6.25. The molecule has 0 unspecified atom stereocenters. The van der Waals surface area contributed by atoms with Crippen LogP contribution >= 0.6 is 0 Å². The lowest BCUT2D eigenvalue weighted by Crippen LogP contribution is -2.28. The number of aryl methyl sites for hydroxylation is 1. The molecule has 22 heavy (non-hydrogen) atoms. The number of hydrogen-bond acceptors (Lipinski definition) is 4. The number of amides is 3. The lowest BCUT2D eigenvalue weighted by atomic mass is 10.1. The van der Waals surface area contributed by atoms with Crippen molar-refractivity contribution in [3.8, 4) is 0 Å². The largest absolute Gasteiger partial charge is 0.450 e. The quantitative estimate of drug-likeness (QED) is 0.749. The molecule has 0 fully saturated rings. The first-order chi connectivity index (χ1) is 10.4. The van der Waals surface area contributed by atoms with Crippen LogP contribution in [0, 0.1) is 6.92 Å². The fourth-order valence-corrected chi connectivity index (χ4v) is 1.71. The molecule has 7 heteroatoms. The highest BCUT2D eigenvalue weighted by Crippen LogP contribution is 2.20. The Labute approximate surface area is 129 Å². The maximum absolute atomic E-state index is 11.8. The minimum absolute atomic E-state index is 0.128. The number of carbonyl (C=O) groups excluding carboxylic acids is 3. The lowest BCUT2D eigenvalue weighted by molar-refractivity contribution is -0.116. The first-order valence-corrected chi connectivity index (χ1v) is 7.01. The van der Waals surface area contributed by atoms with E-state index in [-0.39, 0.29) is 31.4 Å². The predicted molar refractivity (Wildman–Crippen MR) is 83.8 cm³/mol. The summed E-state index contributed by atoms with van der Waals surface area (Å²) < 4.78 is 4.69. The summed E-state index contributed by atoms with van der Waals surface area (Å²) in [6, 6.07) is 5.25. The lowest BCUT2D eigenvalue weighted by Gasteiger charge is -2.11. The van der Waals surface area contributed by atoms with Gasteiger partial charge in [-0.2, -0.15) is 0 Å². The zero-order chi connectivity index (χ0) is 16.5. The summed E-state index contributed by atoms with van der Waals surface area (Å²) in [5.41, 5.74) is 2.10.